The van der Waals surface area contributed by atoms with E-state index in [0.717, 1.165) is 0 Å². The lowest BCUT2D eigenvalue weighted by molar-refractivity contribution is -0.386. The quantitative estimate of drug-likeness (QED) is 0.354. The normalized spacial score (nSPS) is 15.3. The molecule has 1 aliphatic rings. The van der Waals surface area contributed by atoms with E-state index in [1.807, 2.05) is 0 Å². The average molecular weight is 338 g/mol. The Bertz CT molecular complexity index is 658. The third-order valence-electron chi connectivity index (χ3n) is 3.28. The topological polar surface area (TPSA) is 136 Å². The molecule has 0 bridgehead atoms. The van der Waals surface area contributed by atoms with Crippen LogP contribution in [0.3, 0.4) is 0 Å². The summed E-state index contributed by atoms with van der Waals surface area (Å²) in [5, 5.41) is 20.4. The second-order valence-corrected chi connectivity index (χ2v) is 4.86. The van der Waals surface area contributed by atoms with Gasteiger partial charge in [-0.25, -0.2) is 4.79 Å². The van der Waals surface area contributed by atoms with Gasteiger partial charge in [0.2, 0.25) is 0 Å². The molecule has 0 aromatic heterocycles. The molecule has 1 aromatic rings. The van der Waals surface area contributed by atoms with Crippen LogP contribution in [0.4, 0.5) is 10.5 Å². The number of hydroxylamine groups is 2. The van der Waals surface area contributed by atoms with Gasteiger partial charge in [0.25, 0.3) is 17.5 Å². The van der Waals surface area contributed by atoms with Gasteiger partial charge < -0.3 is 9.84 Å². The number of hydrogen-bond donors (Lipinski definition) is 1. The smallest absolute Gasteiger partial charge is 0.424 e. The average Bonchev–Trinajstić information content (AvgIpc) is 2.86. The van der Waals surface area contributed by atoms with Crippen molar-refractivity contribution in [3.8, 4) is 0 Å². The van der Waals surface area contributed by atoms with Crippen LogP contribution in [0.25, 0.3) is 0 Å². The first-order valence-corrected chi connectivity index (χ1v) is 7.02. The highest BCUT2D eigenvalue weighted by molar-refractivity contribution is 6.01. The standard InChI is InChI=1S/C14H14N2O8/c17-8-7-11(9-3-1-2-4-10(9)16(21)22)23-14(20)24-15-12(18)5-6-13(15)19/h1-4,11,17H,5-8H2. The first-order chi connectivity index (χ1) is 11.4. The predicted octanol–water partition coefficient (Wildman–Crippen LogP) is 1.24. The van der Waals surface area contributed by atoms with E-state index in [1.165, 1.54) is 24.3 Å². The lowest BCUT2D eigenvalue weighted by Gasteiger charge is -2.18. The molecule has 1 unspecified atom stereocenters. The molecular formula is C14H14N2O8. The molecule has 1 heterocycles. The van der Waals surface area contributed by atoms with Crippen LogP contribution < -0.4 is 0 Å². The minimum atomic E-state index is -1.37. The van der Waals surface area contributed by atoms with Gasteiger partial charge in [-0.05, 0) is 6.07 Å². The number of nitro benzene ring substituents is 1. The SMILES string of the molecule is O=C(OC(CCO)c1ccccc1[N+](=O)[O-])ON1C(=O)CCC1=O. The molecule has 2 amide bonds. The van der Waals surface area contributed by atoms with Crippen LogP contribution in [-0.4, -0.2) is 39.7 Å². The van der Waals surface area contributed by atoms with Crippen molar-refractivity contribution in [3.05, 3.63) is 39.9 Å². The van der Waals surface area contributed by atoms with Gasteiger partial charge in [-0.3, -0.25) is 24.5 Å². The predicted molar refractivity (Wildman–Crippen MR) is 76.2 cm³/mol. The van der Waals surface area contributed by atoms with Crippen molar-refractivity contribution in [2.75, 3.05) is 6.61 Å². The summed E-state index contributed by atoms with van der Waals surface area (Å²) < 4.78 is 4.95. The number of amides is 2. The monoisotopic (exact) mass is 338 g/mol. The molecule has 24 heavy (non-hydrogen) atoms. The summed E-state index contributed by atoms with van der Waals surface area (Å²) in [5.74, 6) is -1.36. The summed E-state index contributed by atoms with van der Waals surface area (Å²) in [6, 6.07) is 5.55. The van der Waals surface area contributed by atoms with Gasteiger partial charge >= 0.3 is 6.16 Å². The van der Waals surface area contributed by atoms with Gasteiger partial charge in [-0.2, -0.15) is 0 Å². The summed E-state index contributed by atoms with van der Waals surface area (Å²) in [4.78, 5) is 49.5. The number of carbonyl (C=O) groups excluding carboxylic acids is 3. The number of hydrogen-bond acceptors (Lipinski definition) is 8. The van der Waals surface area contributed by atoms with Gasteiger partial charge in [0.05, 0.1) is 10.5 Å². The number of para-hydroxylation sites is 1. The summed E-state index contributed by atoms with van der Waals surface area (Å²) in [6.07, 6.45) is -2.80. The van der Waals surface area contributed by atoms with Gasteiger partial charge in [-0.15, -0.1) is 0 Å². The number of ether oxygens (including phenoxy) is 1. The highest BCUT2D eigenvalue weighted by Crippen LogP contribution is 2.30. The Morgan fingerprint density at radius 1 is 1.29 bits per heavy atom. The largest absolute Gasteiger partial charge is 0.534 e. The number of benzene rings is 1. The van der Waals surface area contributed by atoms with Gasteiger partial charge in [0.15, 0.2) is 0 Å². The minimum Gasteiger partial charge on any atom is -0.424 e. The number of nitrogens with zero attached hydrogens (tertiary/aromatic N) is 2. The van der Waals surface area contributed by atoms with Crippen LogP contribution in [0, 0.1) is 10.1 Å². The fraction of sp³-hybridized carbons (Fsp3) is 0.357. The molecule has 0 saturated carbocycles. The van der Waals surface area contributed by atoms with E-state index in [0.29, 0.717) is 5.06 Å². The summed E-state index contributed by atoms with van der Waals surface area (Å²) in [6.45, 7) is -0.411. The number of nitro groups is 1. The highest BCUT2D eigenvalue weighted by Gasteiger charge is 2.34. The van der Waals surface area contributed by atoms with Crippen LogP contribution in [0.15, 0.2) is 24.3 Å². The second-order valence-electron chi connectivity index (χ2n) is 4.86. The van der Waals surface area contributed by atoms with Crippen molar-refractivity contribution in [1.29, 1.82) is 0 Å². The lowest BCUT2D eigenvalue weighted by atomic mass is 10.0. The summed E-state index contributed by atoms with van der Waals surface area (Å²) >= 11 is 0. The molecule has 10 heteroatoms. The number of rotatable bonds is 6. The molecule has 1 saturated heterocycles. The molecule has 10 nitrogen and oxygen atoms in total. The Morgan fingerprint density at radius 2 is 1.92 bits per heavy atom. The zero-order valence-electron chi connectivity index (χ0n) is 12.4. The number of aliphatic hydroxyl groups excluding tert-OH is 1. The fourth-order valence-corrected chi connectivity index (χ4v) is 2.19. The third-order valence-corrected chi connectivity index (χ3v) is 3.28. The molecule has 1 aromatic carbocycles. The first kappa shape index (κ1) is 17.3. The van der Waals surface area contributed by atoms with E-state index in [1.54, 1.807) is 0 Å². The minimum absolute atomic E-state index is 0.0626. The van der Waals surface area contributed by atoms with Crippen molar-refractivity contribution in [2.45, 2.75) is 25.4 Å². The fourth-order valence-electron chi connectivity index (χ4n) is 2.19. The molecule has 0 aliphatic carbocycles. The van der Waals surface area contributed by atoms with Gasteiger partial charge in [0.1, 0.15) is 6.10 Å². The molecule has 0 spiro atoms. The van der Waals surface area contributed by atoms with Crippen molar-refractivity contribution < 1.29 is 34.0 Å². The van der Waals surface area contributed by atoms with Crippen molar-refractivity contribution >= 4 is 23.7 Å². The Balaban J connectivity index is 2.14. The van der Waals surface area contributed by atoms with Crippen molar-refractivity contribution in [3.63, 3.8) is 0 Å². The van der Waals surface area contributed by atoms with Crippen LogP contribution in [0.2, 0.25) is 0 Å². The molecule has 128 valence electrons. The molecule has 1 atom stereocenters. The van der Waals surface area contributed by atoms with E-state index in [-0.39, 0.29) is 30.5 Å². The highest BCUT2D eigenvalue weighted by atomic mass is 16.8. The molecule has 2 rings (SSSR count). The van der Waals surface area contributed by atoms with Crippen LogP contribution in [0.1, 0.15) is 30.9 Å². The van der Waals surface area contributed by atoms with E-state index in [9.17, 15) is 24.5 Å². The zero-order valence-corrected chi connectivity index (χ0v) is 12.4. The van der Waals surface area contributed by atoms with E-state index in [4.69, 9.17) is 9.84 Å². The van der Waals surface area contributed by atoms with E-state index >= 15 is 0 Å². The maximum absolute atomic E-state index is 11.8. The molecule has 1 fully saturated rings. The van der Waals surface area contributed by atoms with Crippen LogP contribution >= 0.6 is 0 Å². The third kappa shape index (κ3) is 3.84. The Labute approximate surface area is 135 Å². The van der Waals surface area contributed by atoms with E-state index in [2.05, 4.69) is 4.84 Å². The Hall–Kier alpha value is -3.01. The zero-order chi connectivity index (χ0) is 17.7. The first-order valence-electron chi connectivity index (χ1n) is 7.02. The lowest BCUT2D eigenvalue weighted by Crippen LogP contribution is -2.32. The number of imide groups is 1. The van der Waals surface area contributed by atoms with Crippen LogP contribution in [0.5, 0.6) is 0 Å². The van der Waals surface area contributed by atoms with Gasteiger partial charge in [-0.1, -0.05) is 17.2 Å². The number of carbonyl (C=O) groups is 3. The number of aliphatic hydroxyl groups is 1. The maximum atomic E-state index is 11.8. The Morgan fingerprint density at radius 3 is 2.50 bits per heavy atom. The van der Waals surface area contributed by atoms with Crippen molar-refractivity contribution in [1.82, 2.24) is 5.06 Å². The summed E-state index contributed by atoms with van der Waals surface area (Å²) in [5.41, 5.74) is -0.232. The molecule has 1 N–H and O–H groups in total. The van der Waals surface area contributed by atoms with Gasteiger partial charge in [0, 0.05) is 31.9 Å². The second kappa shape index (κ2) is 7.51. The maximum Gasteiger partial charge on any atom is 0.534 e. The molecular weight excluding hydrogens is 324 g/mol. The molecule has 1 aliphatic heterocycles. The van der Waals surface area contributed by atoms with Crippen LogP contribution in [-0.2, 0) is 19.2 Å². The summed E-state index contributed by atoms with van der Waals surface area (Å²) in [7, 11) is 0. The van der Waals surface area contributed by atoms with Crippen molar-refractivity contribution in [2.24, 2.45) is 0 Å². The Kier molecular flexibility index (Phi) is 5.42. The molecule has 0 radical (unpaired) electrons. The van der Waals surface area contributed by atoms with E-state index < -0.39 is 35.6 Å².